The SMILES string of the molecule is COc1ccc(Cn2cc(Br)c(C)c(NC(=O)C(Cc3ccc(-n4nnc(COO)c4COO)cc3)NC(=O)Cc3ccc4ccccc4c3)c2=O)cc1. The van der Waals surface area contributed by atoms with Gasteiger partial charge in [0.1, 0.15) is 36.4 Å². The van der Waals surface area contributed by atoms with Crippen LogP contribution >= 0.6 is 15.9 Å². The summed E-state index contributed by atoms with van der Waals surface area (Å²) in [4.78, 5) is 49.9. The normalized spacial score (nSPS) is 11.7. The predicted molar refractivity (Wildman–Crippen MR) is 203 cm³/mol. The maximum absolute atomic E-state index is 14.1. The Morgan fingerprint density at radius 1 is 0.889 bits per heavy atom. The fraction of sp³-hybridized carbons (Fsp3) is 0.205. The summed E-state index contributed by atoms with van der Waals surface area (Å²) < 4.78 is 8.78. The molecule has 0 aliphatic heterocycles. The summed E-state index contributed by atoms with van der Waals surface area (Å²) in [5, 5.41) is 33.8. The zero-order valence-electron chi connectivity index (χ0n) is 29.4. The summed E-state index contributed by atoms with van der Waals surface area (Å²) >= 11 is 3.54. The van der Waals surface area contributed by atoms with Gasteiger partial charge in [-0.1, -0.05) is 71.9 Å². The summed E-state index contributed by atoms with van der Waals surface area (Å²) in [6.45, 7) is 1.44. The summed E-state index contributed by atoms with van der Waals surface area (Å²) in [7, 11) is 1.58. The number of nitrogens with zero attached hydrogens (tertiary/aromatic N) is 4. The monoisotopic (exact) mass is 796 g/mol. The number of carbonyl (C=O) groups is 2. The second kappa shape index (κ2) is 17.4. The average Bonchev–Trinajstić information content (AvgIpc) is 3.57. The number of halogens is 1. The standard InChI is InChI=1S/C39H37BrN6O8/c1-24-32(40)21-45(20-26-10-15-31(52-2)16-11-26)39(49)37(24)42-38(48)33(41-36(47)19-27-7-12-28-5-3-4-6-29(28)17-27)18-25-8-13-30(14-9-25)46-35(23-54-51)34(22-53-50)43-44-46/h3-17,21,33,50-51H,18-20,22-23H2,1-2H3,(H,41,47)(H,42,48). The van der Waals surface area contributed by atoms with Gasteiger partial charge in [0.15, 0.2) is 0 Å². The van der Waals surface area contributed by atoms with Crippen molar-refractivity contribution >= 4 is 44.2 Å². The second-order valence-electron chi connectivity index (χ2n) is 12.5. The Kier molecular flexibility index (Phi) is 12.3. The van der Waals surface area contributed by atoms with Crippen molar-refractivity contribution in [3.8, 4) is 11.4 Å². The second-order valence-corrected chi connectivity index (χ2v) is 13.4. The zero-order chi connectivity index (χ0) is 38.2. The summed E-state index contributed by atoms with van der Waals surface area (Å²) in [6.07, 6.45) is 1.78. The third-order valence-electron chi connectivity index (χ3n) is 8.93. The molecular formula is C39H37BrN6O8. The van der Waals surface area contributed by atoms with E-state index in [-0.39, 0.29) is 49.9 Å². The van der Waals surface area contributed by atoms with Gasteiger partial charge in [0.05, 0.1) is 31.5 Å². The van der Waals surface area contributed by atoms with Crippen LogP contribution in [0.25, 0.3) is 16.5 Å². The highest BCUT2D eigenvalue weighted by Crippen LogP contribution is 2.23. The lowest BCUT2D eigenvalue weighted by Gasteiger charge is -2.20. The number of hydrogen-bond acceptors (Lipinski definition) is 10. The highest BCUT2D eigenvalue weighted by Gasteiger charge is 2.25. The summed E-state index contributed by atoms with van der Waals surface area (Å²) in [6, 6.07) is 26.8. The molecule has 0 saturated heterocycles. The molecule has 1 atom stereocenters. The molecule has 0 fully saturated rings. The minimum Gasteiger partial charge on any atom is -0.497 e. The third-order valence-corrected chi connectivity index (χ3v) is 9.73. The number of fused-ring (bicyclic) bond motifs is 1. The van der Waals surface area contributed by atoms with E-state index in [9.17, 15) is 14.4 Å². The molecule has 14 nitrogen and oxygen atoms in total. The van der Waals surface area contributed by atoms with Crippen LogP contribution in [0.15, 0.2) is 106 Å². The van der Waals surface area contributed by atoms with E-state index in [0.717, 1.165) is 21.9 Å². The first kappa shape index (κ1) is 38.0. The molecular weight excluding hydrogens is 760 g/mol. The fourth-order valence-electron chi connectivity index (χ4n) is 6.04. The minimum atomic E-state index is -1.07. The number of anilines is 1. The van der Waals surface area contributed by atoms with E-state index in [1.165, 1.54) is 9.25 Å². The van der Waals surface area contributed by atoms with Crippen molar-refractivity contribution < 1.29 is 34.6 Å². The van der Waals surface area contributed by atoms with Gasteiger partial charge >= 0.3 is 0 Å². The van der Waals surface area contributed by atoms with Crippen LogP contribution in [0.3, 0.4) is 0 Å². The topological polar surface area (TPSA) is 179 Å². The number of ether oxygens (including phenoxy) is 1. The van der Waals surface area contributed by atoms with Crippen LogP contribution < -0.4 is 20.9 Å². The van der Waals surface area contributed by atoms with E-state index in [0.29, 0.717) is 32.7 Å². The van der Waals surface area contributed by atoms with Crippen molar-refractivity contribution in [2.75, 3.05) is 12.4 Å². The Morgan fingerprint density at radius 2 is 1.57 bits per heavy atom. The molecule has 4 N–H and O–H groups in total. The van der Waals surface area contributed by atoms with Gasteiger partial charge in [-0.15, -0.1) is 5.10 Å². The predicted octanol–water partition coefficient (Wildman–Crippen LogP) is 5.60. The van der Waals surface area contributed by atoms with Crippen LogP contribution in [0, 0.1) is 6.92 Å². The molecule has 1 unspecified atom stereocenters. The lowest BCUT2D eigenvalue weighted by Crippen LogP contribution is -2.46. The van der Waals surface area contributed by atoms with Gasteiger partial charge in [-0.05, 0) is 80.1 Å². The van der Waals surface area contributed by atoms with Crippen LogP contribution in [0.2, 0.25) is 0 Å². The van der Waals surface area contributed by atoms with Crippen molar-refractivity contribution in [3.05, 3.63) is 146 Å². The van der Waals surface area contributed by atoms with E-state index in [1.807, 2.05) is 66.7 Å². The number of rotatable bonds is 15. The van der Waals surface area contributed by atoms with Crippen LogP contribution in [-0.2, 0) is 52.0 Å². The molecule has 2 heterocycles. The van der Waals surface area contributed by atoms with E-state index >= 15 is 0 Å². The Morgan fingerprint density at radius 3 is 2.28 bits per heavy atom. The number of hydrogen-bond donors (Lipinski definition) is 4. The van der Waals surface area contributed by atoms with Gasteiger partial charge in [0.2, 0.25) is 11.8 Å². The van der Waals surface area contributed by atoms with Crippen molar-refractivity contribution in [2.45, 2.75) is 45.6 Å². The highest BCUT2D eigenvalue weighted by molar-refractivity contribution is 9.10. The van der Waals surface area contributed by atoms with Crippen LogP contribution in [-0.4, -0.2) is 55.0 Å². The lowest BCUT2D eigenvalue weighted by molar-refractivity contribution is -0.259. The third kappa shape index (κ3) is 8.90. The van der Waals surface area contributed by atoms with Gasteiger partial charge in [0, 0.05) is 17.1 Å². The number of pyridine rings is 1. The van der Waals surface area contributed by atoms with E-state index in [2.05, 4.69) is 46.7 Å². The van der Waals surface area contributed by atoms with Crippen molar-refractivity contribution in [2.24, 2.45) is 0 Å². The number of nitrogens with one attached hydrogen (secondary N) is 2. The van der Waals surface area contributed by atoms with Gasteiger partial charge < -0.3 is 19.9 Å². The molecule has 15 heteroatoms. The number of methoxy groups -OCH3 is 1. The molecule has 0 aliphatic rings. The number of amides is 2. The maximum atomic E-state index is 14.1. The smallest absolute Gasteiger partial charge is 0.274 e. The molecule has 0 saturated carbocycles. The fourth-order valence-corrected chi connectivity index (χ4v) is 6.48. The first-order valence-electron chi connectivity index (χ1n) is 16.8. The Labute approximate surface area is 317 Å². The molecule has 0 bridgehead atoms. The first-order chi connectivity index (χ1) is 26.2. The van der Waals surface area contributed by atoms with Crippen LogP contribution in [0.1, 0.15) is 33.6 Å². The summed E-state index contributed by atoms with van der Waals surface area (Å²) in [5.41, 5.74) is 3.68. The van der Waals surface area contributed by atoms with E-state index in [1.54, 1.807) is 44.5 Å². The largest absolute Gasteiger partial charge is 0.497 e. The molecule has 54 heavy (non-hydrogen) atoms. The van der Waals surface area contributed by atoms with Gasteiger partial charge in [0.25, 0.3) is 5.56 Å². The number of benzene rings is 4. The number of carbonyl (C=O) groups excluding carboxylic acids is 2. The summed E-state index contributed by atoms with van der Waals surface area (Å²) in [5.74, 6) is -0.262. The number of aromatic nitrogens is 4. The molecule has 0 spiro atoms. The zero-order valence-corrected chi connectivity index (χ0v) is 30.9. The van der Waals surface area contributed by atoms with E-state index in [4.69, 9.17) is 15.3 Å². The van der Waals surface area contributed by atoms with Gasteiger partial charge in [-0.2, -0.15) is 0 Å². The molecule has 2 aromatic heterocycles. The molecule has 2 amide bonds. The average molecular weight is 798 g/mol. The molecule has 278 valence electrons. The Balaban J connectivity index is 1.27. The maximum Gasteiger partial charge on any atom is 0.274 e. The Hall–Kier alpha value is -5.71. The van der Waals surface area contributed by atoms with Crippen LogP contribution in [0.5, 0.6) is 5.75 Å². The minimum absolute atomic E-state index is 0.0278. The Bertz CT molecular complexity index is 2330. The van der Waals surface area contributed by atoms with Crippen LogP contribution in [0.4, 0.5) is 5.69 Å². The van der Waals surface area contributed by atoms with Crippen molar-refractivity contribution in [1.29, 1.82) is 0 Å². The van der Waals surface area contributed by atoms with Gasteiger partial charge in [-0.3, -0.25) is 24.9 Å². The molecule has 0 radical (unpaired) electrons. The van der Waals surface area contributed by atoms with Crippen molar-refractivity contribution in [3.63, 3.8) is 0 Å². The highest BCUT2D eigenvalue weighted by atomic mass is 79.9. The molecule has 6 aromatic rings. The molecule has 4 aromatic carbocycles. The van der Waals surface area contributed by atoms with E-state index < -0.39 is 17.5 Å². The quantitative estimate of drug-likeness (QED) is 0.0756. The molecule has 0 aliphatic carbocycles. The lowest BCUT2D eigenvalue weighted by atomic mass is 10.0. The first-order valence-corrected chi connectivity index (χ1v) is 17.6. The van der Waals surface area contributed by atoms with Crippen molar-refractivity contribution in [1.82, 2.24) is 24.9 Å². The molecule has 6 rings (SSSR count). The van der Waals surface area contributed by atoms with Gasteiger partial charge in [-0.25, -0.2) is 14.5 Å².